The molecule has 1 aromatic rings. The first kappa shape index (κ1) is 22.2. The van der Waals surface area contributed by atoms with E-state index in [1.807, 2.05) is 0 Å². The van der Waals surface area contributed by atoms with Gasteiger partial charge in [-0.3, -0.25) is 0 Å². The van der Waals surface area contributed by atoms with Crippen molar-refractivity contribution in [3.05, 3.63) is 35.4 Å². The zero-order valence-electron chi connectivity index (χ0n) is 16.0. The molecule has 142 valence electrons. The predicted octanol–water partition coefficient (Wildman–Crippen LogP) is 4.08. The van der Waals surface area contributed by atoms with E-state index in [1.165, 1.54) is 30.4 Å². The Morgan fingerprint density at radius 3 is 2.52 bits per heavy atom. The molecule has 1 aromatic carbocycles. The van der Waals surface area contributed by atoms with Crippen LogP contribution in [0, 0.1) is 5.92 Å². The number of nitrogens with one attached hydrogen (secondary N) is 1. The van der Waals surface area contributed by atoms with E-state index in [1.54, 1.807) is 0 Å². The van der Waals surface area contributed by atoms with Crippen molar-refractivity contribution in [2.75, 3.05) is 33.4 Å². The first-order valence-electron chi connectivity index (χ1n) is 9.38. The fraction of sp³-hybridized carbons (Fsp3) is 0.650. The van der Waals surface area contributed by atoms with Crippen LogP contribution in [0.25, 0.3) is 0 Å². The monoisotopic (exact) mass is 459 g/mol. The number of rotatable bonds is 7. The summed E-state index contributed by atoms with van der Waals surface area (Å²) in [4.78, 5) is 7.13. The molecule has 25 heavy (non-hydrogen) atoms. The van der Waals surface area contributed by atoms with Gasteiger partial charge in [0.05, 0.1) is 6.54 Å². The highest BCUT2D eigenvalue weighted by atomic mass is 127. The molecule has 0 amide bonds. The summed E-state index contributed by atoms with van der Waals surface area (Å²) >= 11 is 0. The van der Waals surface area contributed by atoms with Crippen molar-refractivity contribution in [2.45, 2.75) is 46.1 Å². The van der Waals surface area contributed by atoms with E-state index in [0.717, 1.165) is 51.1 Å². The molecule has 1 aliphatic heterocycles. The molecule has 4 nitrogen and oxygen atoms in total. The Balaban J connectivity index is 0.00000312. The lowest BCUT2D eigenvalue weighted by Gasteiger charge is -2.27. The summed E-state index contributed by atoms with van der Waals surface area (Å²) in [5.41, 5.74) is 2.72. The van der Waals surface area contributed by atoms with Gasteiger partial charge in [0, 0.05) is 33.4 Å². The number of hydrogen-bond donors (Lipinski definition) is 1. The molecule has 1 N–H and O–H groups in total. The van der Waals surface area contributed by atoms with Gasteiger partial charge in [0.25, 0.3) is 0 Å². The van der Waals surface area contributed by atoms with E-state index in [9.17, 15) is 0 Å². The van der Waals surface area contributed by atoms with Gasteiger partial charge in [-0.15, -0.1) is 24.0 Å². The molecule has 0 spiro atoms. The first-order chi connectivity index (χ1) is 11.7. The molecule has 5 heteroatoms. The van der Waals surface area contributed by atoms with E-state index < -0.39 is 0 Å². The fourth-order valence-electron chi connectivity index (χ4n) is 3.20. The van der Waals surface area contributed by atoms with Crippen LogP contribution in [0.2, 0.25) is 0 Å². The molecular weight excluding hydrogens is 425 g/mol. The summed E-state index contributed by atoms with van der Waals surface area (Å²) in [6, 6.07) is 8.60. The summed E-state index contributed by atoms with van der Waals surface area (Å²) in [5, 5.41) is 3.43. The van der Waals surface area contributed by atoms with Gasteiger partial charge in [0.1, 0.15) is 0 Å². The molecule has 0 unspecified atom stereocenters. The number of aliphatic imine (C=N–C) groups is 1. The molecule has 0 atom stereocenters. The number of aryl methyl sites for hydroxylation is 1. The van der Waals surface area contributed by atoms with Crippen LogP contribution in [0.15, 0.2) is 29.3 Å². The van der Waals surface area contributed by atoms with Gasteiger partial charge in [-0.05, 0) is 49.7 Å². The van der Waals surface area contributed by atoms with E-state index in [-0.39, 0.29) is 24.0 Å². The van der Waals surface area contributed by atoms with Crippen molar-refractivity contribution in [3.8, 4) is 0 Å². The molecule has 2 rings (SSSR count). The Morgan fingerprint density at radius 2 is 1.88 bits per heavy atom. The highest BCUT2D eigenvalue weighted by molar-refractivity contribution is 14.0. The number of ether oxygens (including phenoxy) is 1. The lowest BCUT2D eigenvalue weighted by Crippen LogP contribution is -2.40. The molecular formula is C20H34IN3O. The molecule has 0 aromatic heterocycles. The van der Waals surface area contributed by atoms with Crippen LogP contribution >= 0.6 is 24.0 Å². The van der Waals surface area contributed by atoms with E-state index in [2.05, 4.69) is 55.4 Å². The molecule has 1 heterocycles. The topological polar surface area (TPSA) is 36.9 Å². The normalized spacial score (nSPS) is 15.6. The second kappa shape index (κ2) is 12.5. The molecule has 1 fully saturated rings. The molecule has 1 saturated heterocycles. The minimum Gasteiger partial charge on any atom is -0.381 e. The van der Waals surface area contributed by atoms with Crippen LogP contribution in [-0.2, 0) is 17.7 Å². The average Bonchev–Trinajstić information content (AvgIpc) is 2.64. The fourth-order valence-corrected chi connectivity index (χ4v) is 3.20. The van der Waals surface area contributed by atoms with Crippen molar-refractivity contribution in [3.63, 3.8) is 0 Å². The van der Waals surface area contributed by atoms with Crippen LogP contribution in [0.5, 0.6) is 0 Å². The van der Waals surface area contributed by atoms with E-state index >= 15 is 0 Å². The highest BCUT2D eigenvalue weighted by Crippen LogP contribution is 2.18. The summed E-state index contributed by atoms with van der Waals surface area (Å²) < 4.78 is 5.45. The number of nitrogens with zero attached hydrogens (tertiary/aromatic N) is 2. The minimum atomic E-state index is 0. The van der Waals surface area contributed by atoms with Crippen LogP contribution in [0.3, 0.4) is 0 Å². The number of hydrogen-bond acceptors (Lipinski definition) is 2. The number of halogens is 1. The molecule has 0 saturated carbocycles. The third kappa shape index (κ3) is 7.52. The van der Waals surface area contributed by atoms with Crippen molar-refractivity contribution in [1.82, 2.24) is 10.2 Å². The van der Waals surface area contributed by atoms with Gasteiger partial charge in [-0.2, -0.15) is 0 Å². The standard InChI is InChI=1S/C20H33N3O.HI/c1-4-18-8-6-7-9-19(18)16-22-20(21-5-2)23(3)13-10-17-11-14-24-15-12-17;/h6-9,17H,4-5,10-16H2,1-3H3,(H,21,22);1H. The second-order valence-corrected chi connectivity index (χ2v) is 6.56. The van der Waals surface area contributed by atoms with Crippen molar-refractivity contribution in [2.24, 2.45) is 10.9 Å². The third-order valence-electron chi connectivity index (χ3n) is 4.81. The summed E-state index contributed by atoms with van der Waals surface area (Å²) in [7, 11) is 2.15. The lowest BCUT2D eigenvalue weighted by atomic mass is 9.96. The quantitative estimate of drug-likeness (QED) is 0.379. The van der Waals surface area contributed by atoms with Crippen molar-refractivity contribution >= 4 is 29.9 Å². The molecule has 1 aliphatic rings. The lowest BCUT2D eigenvalue weighted by molar-refractivity contribution is 0.0625. The Labute approximate surface area is 170 Å². The third-order valence-corrected chi connectivity index (χ3v) is 4.81. The van der Waals surface area contributed by atoms with Crippen LogP contribution < -0.4 is 5.32 Å². The van der Waals surface area contributed by atoms with E-state index in [4.69, 9.17) is 9.73 Å². The zero-order valence-corrected chi connectivity index (χ0v) is 18.3. The van der Waals surface area contributed by atoms with Crippen LogP contribution in [0.1, 0.15) is 44.2 Å². The van der Waals surface area contributed by atoms with Crippen molar-refractivity contribution < 1.29 is 4.74 Å². The van der Waals surface area contributed by atoms with Crippen molar-refractivity contribution in [1.29, 1.82) is 0 Å². The molecule has 0 radical (unpaired) electrons. The Bertz CT molecular complexity index is 515. The Morgan fingerprint density at radius 1 is 1.20 bits per heavy atom. The maximum Gasteiger partial charge on any atom is 0.193 e. The summed E-state index contributed by atoms with van der Waals surface area (Å²) in [5.74, 6) is 1.81. The van der Waals surface area contributed by atoms with Gasteiger partial charge in [0.2, 0.25) is 0 Å². The van der Waals surface area contributed by atoms with E-state index in [0.29, 0.717) is 0 Å². The number of guanidine groups is 1. The van der Waals surface area contributed by atoms with Crippen LogP contribution in [-0.4, -0.2) is 44.2 Å². The SMILES string of the molecule is CCNC(=NCc1ccccc1CC)N(C)CCC1CCOCC1.I. The maximum atomic E-state index is 5.45. The predicted molar refractivity (Wildman–Crippen MR) is 117 cm³/mol. The zero-order chi connectivity index (χ0) is 17.2. The highest BCUT2D eigenvalue weighted by Gasteiger charge is 2.15. The minimum absolute atomic E-state index is 0. The second-order valence-electron chi connectivity index (χ2n) is 6.56. The van der Waals surface area contributed by atoms with Gasteiger partial charge >= 0.3 is 0 Å². The average molecular weight is 459 g/mol. The molecule has 0 aliphatic carbocycles. The number of benzene rings is 1. The smallest absolute Gasteiger partial charge is 0.193 e. The van der Waals surface area contributed by atoms with Gasteiger partial charge in [0.15, 0.2) is 5.96 Å². The summed E-state index contributed by atoms with van der Waals surface area (Å²) in [6.07, 6.45) is 4.68. The first-order valence-corrected chi connectivity index (χ1v) is 9.38. The molecule has 0 bridgehead atoms. The summed E-state index contributed by atoms with van der Waals surface area (Å²) in [6.45, 7) is 8.87. The Kier molecular flexibility index (Phi) is 11.1. The van der Waals surface area contributed by atoms with Crippen LogP contribution in [0.4, 0.5) is 0 Å². The van der Waals surface area contributed by atoms with Gasteiger partial charge < -0.3 is 15.0 Å². The largest absolute Gasteiger partial charge is 0.381 e. The maximum absolute atomic E-state index is 5.45. The van der Waals surface area contributed by atoms with Gasteiger partial charge in [-0.25, -0.2) is 4.99 Å². The van der Waals surface area contributed by atoms with Gasteiger partial charge in [-0.1, -0.05) is 31.2 Å². The Hall–Kier alpha value is -0.820.